The number of anilines is 1. The average molecular weight is 343 g/mol. The first-order chi connectivity index (χ1) is 12.6. The molecule has 0 fully saturated rings. The van der Waals surface area contributed by atoms with E-state index >= 15 is 0 Å². The van der Waals surface area contributed by atoms with E-state index in [2.05, 4.69) is 18.0 Å². The van der Waals surface area contributed by atoms with E-state index in [1.807, 2.05) is 61.5 Å². The van der Waals surface area contributed by atoms with E-state index in [1.165, 1.54) is 0 Å². The van der Waals surface area contributed by atoms with Gasteiger partial charge in [0, 0.05) is 11.1 Å². The maximum absolute atomic E-state index is 9.55. The van der Waals surface area contributed by atoms with Crippen LogP contribution in [0.15, 0.2) is 54.6 Å². The molecule has 1 aromatic heterocycles. The van der Waals surface area contributed by atoms with Gasteiger partial charge in [-0.3, -0.25) is 0 Å². The van der Waals surface area contributed by atoms with Gasteiger partial charge in [0.1, 0.15) is 23.2 Å². The first kappa shape index (κ1) is 17.5. The molecular weight excluding hydrogens is 322 g/mol. The number of nitrogens with two attached hydrogens (primary N) is 1. The van der Waals surface area contributed by atoms with Gasteiger partial charge in [0.05, 0.1) is 12.3 Å². The fraction of sp³-hybridized carbons (Fsp3) is 0.182. The van der Waals surface area contributed by atoms with Gasteiger partial charge in [-0.2, -0.15) is 5.26 Å². The molecule has 3 aromatic rings. The lowest BCUT2D eigenvalue weighted by molar-refractivity contribution is 0.317. The maximum Gasteiger partial charge on any atom is 0.142 e. The third-order valence-electron chi connectivity index (χ3n) is 4.22. The highest BCUT2D eigenvalue weighted by atomic mass is 16.5. The molecular formula is C22H21N3O. The van der Waals surface area contributed by atoms with Gasteiger partial charge >= 0.3 is 0 Å². The molecule has 3 rings (SSSR count). The van der Waals surface area contributed by atoms with Crippen molar-refractivity contribution in [1.29, 1.82) is 5.26 Å². The minimum Gasteiger partial charge on any atom is -0.494 e. The summed E-state index contributed by atoms with van der Waals surface area (Å²) in [7, 11) is 0. The largest absolute Gasteiger partial charge is 0.494 e. The molecule has 0 radical (unpaired) electrons. The normalized spacial score (nSPS) is 10.3. The van der Waals surface area contributed by atoms with Crippen LogP contribution in [0, 0.1) is 18.3 Å². The Kier molecular flexibility index (Phi) is 5.19. The summed E-state index contributed by atoms with van der Waals surface area (Å²) >= 11 is 0. The monoisotopic (exact) mass is 343 g/mol. The number of rotatable bonds is 5. The number of hydrogen-bond donors (Lipinski definition) is 1. The molecule has 2 N–H and O–H groups in total. The van der Waals surface area contributed by atoms with E-state index in [-0.39, 0.29) is 5.82 Å². The Morgan fingerprint density at radius 1 is 1.08 bits per heavy atom. The van der Waals surface area contributed by atoms with Crippen LogP contribution in [0.2, 0.25) is 0 Å². The second-order valence-electron chi connectivity index (χ2n) is 6.11. The lowest BCUT2D eigenvalue weighted by Crippen LogP contribution is -2.00. The molecule has 2 aromatic carbocycles. The van der Waals surface area contributed by atoms with Crippen LogP contribution in [-0.4, -0.2) is 11.6 Å². The van der Waals surface area contributed by atoms with Gasteiger partial charge in [0.2, 0.25) is 0 Å². The molecule has 0 amide bonds. The number of nitrogen functional groups attached to an aromatic ring is 1. The number of ether oxygens (including phenoxy) is 1. The molecule has 0 aliphatic rings. The van der Waals surface area contributed by atoms with E-state index in [4.69, 9.17) is 10.5 Å². The summed E-state index contributed by atoms with van der Waals surface area (Å²) in [5.74, 6) is 1.06. The number of aryl methyl sites for hydroxylation is 1. The van der Waals surface area contributed by atoms with Crippen molar-refractivity contribution in [2.45, 2.75) is 20.3 Å². The zero-order valence-electron chi connectivity index (χ0n) is 15.0. The Morgan fingerprint density at radius 3 is 2.46 bits per heavy atom. The average Bonchev–Trinajstić information content (AvgIpc) is 2.66. The van der Waals surface area contributed by atoms with Crippen LogP contribution in [0.1, 0.15) is 24.5 Å². The number of benzene rings is 2. The molecule has 26 heavy (non-hydrogen) atoms. The van der Waals surface area contributed by atoms with E-state index in [9.17, 15) is 5.26 Å². The summed E-state index contributed by atoms with van der Waals surface area (Å²) in [6.07, 6.45) is 0.959. The summed E-state index contributed by atoms with van der Waals surface area (Å²) in [4.78, 5) is 4.45. The minimum absolute atomic E-state index is 0.245. The van der Waals surface area contributed by atoms with Crippen molar-refractivity contribution < 1.29 is 4.74 Å². The highest BCUT2D eigenvalue weighted by molar-refractivity contribution is 5.80. The zero-order valence-corrected chi connectivity index (χ0v) is 15.0. The van der Waals surface area contributed by atoms with Crippen molar-refractivity contribution in [2.24, 2.45) is 0 Å². The molecule has 0 aliphatic carbocycles. The van der Waals surface area contributed by atoms with E-state index < -0.39 is 0 Å². The fourth-order valence-corrected chi connectivity index (χ4v) is 2.86. The summed E-state index contributed by atoms with van der Waals surface area (Å²) in [6.45, 7) is 4.79. The Labute approximate surface area is 153 Å². The summed E-state index contributed by atoms with van der Waals surface area (Å²) in [5, 5.41) is 9.55. The van der Waals surface area contributed by atoms with E-state index in [0.717, 1.165) is 40.1 Å². The smallest absolute Gasteiger partial charge is 0.142 e. The third-order valence-corrected chi connectivity index (χ3v) is 4.22. The zero-order chi connectivity index (χ0) is 18.5. The molecule has 0 unspecified atom stereocenters. The second-order valence-corrected chi connectivity index (χ2v) is 6.11. The molecule has 0 atom stereocenters. The predicted molar refractivity (Wildman–Crippen MR) is 105 cm³/mol. The van der Waals surface area contributed by atoms with Crippen molar-refractivity contribution in [2.75, 3.05) is 12.3 Å². The number of aromatic nitrogens is 1. The van der Waals surface area contributed by atoms with Crippen molar-refractivity contribution in [3.05, 3.63) is 65.7 Å². The first-order valence-electron chi connectivity index (χ1n) is 8.64. The van der Waals surface area contributed by atoms with Gasteiger partial charge in [0.15, 0.2) is 0 Å². The Bertz CT molecular complexity index is 956. The molecule has 130 valence electrons. The highest BCUT2D eigenvalue weighted by Gasteiger charge is 2.14. The SMILES string of the molecule is CCCOc1ccc(-c2cc(-c3ccccc3C)nc(N)c2C#N)cc1. The van der Waals surface area contributed by atoms with Gasteiger partial charge in [-0.05, 0) is 42.7 Å². The number of nitriles is 1. The van der Waals surface area contributed by atoms with Crippen molar-refractivity contribution >= 4 is 5.82 Å². The number of pyridine rings is 1. The van der Waals surface area contributed by atoms with Crippen molar-refractivity contribution in [3.63, 3.8) is 0 Å². The molecule has 0 saturated carbocycles. The first-order valence-corrected chi connectivity index (χ1v) is 8.64. The van der Waals surface area contributed by atoms with Gasteiger partial charge < -0.3 is 10.5 Å². The van der Waals surface area contributed by atoms with E-state index in [1.54, 1.807) is 0 Å². The third kappa shape index (κ3) is 3.52. The van der Waals surface area contributed by atoms with Crippen LogP contribution >= 0.6 is 0 Å². The summed E-state index contributed by atoms with van der Waals surface area (Å²) in [6, 6.07) is 19.8. The Balaban J connectivity index is 2.08. The second kappa shape index (κ2) is 7.71. The van der Waals surface area contributed by atoms with Crippen LogP contribution < -0.4 is 10.5 Å². The molecule has 4 nitrogen and oxygen atoms in total. The molecule has 0 bridgehead atoms. The lowest BCUT2D eigenvalue weighted by Gasteiger charge is -2.12. The van der Waals surface area contributed by atoms with E-state index in [0.29, 0.717) is 12.2 Å². The van der Waals surface area contributed by atoms with Crippen LogP contribution in [0.4, 0.5) is 5.82 Å². The highest BCUT2D eigenvalue weighted by Crippen LogP contribution is 2.33. The predicted octanol–water partition coefficient (Wildman–Crippen LogP) is 4.97. The van der Waals surface area contributed by atoms with Crippen LogP contribution in [0.5, 0.6) is 5.75 Å². The Hall–Kier alpha value is -3.32. The maximum atomic E-state index is 9.55. The van der Waals surface area contributed by atoms with Crippen LogP contribution in [-0.2, 0) is 0 Å². The number of nitrogens with zero attached hydrogens (tertiary/aromatic N) is 2. The quantitative estimate of drug-likeness (QED) is 0.710. The topological polar surface area (TPSA) is 71.9 Å². The molecule has 4 heteroatoms. The summed E-state index contributed by atoms with van der Waals surface area (Å²) < 4.78 is 5.63. The van der Waals surface area contributed by atoms with Crippen LogP contribution in [0.3, 0.4) is 0 Å². The molecule has 0 saturated heterocycles. The van der Waals surface area contributed by atoms with Gasteiger partial charge in [0.25, 0.3) is 0 Å². The molecule has 0 aliphatic heterocycles. The van der Waals surface area contributed by atoms with Crippen molar-refractivity contribution in [1.82, 2.24) is 4.98 Å². The summed E-state index contributed by atoms with van der Waals surface area (Å²) in [5.41, 5.74) is 11.1. The lowest BCUT2D eigenvalue weighted by atomic mass is 9.97. The minimum atomic E-state index is 0.245. The Morgan fingerprint density at radius 2 is 1.81 bits per heavy atom. The van der Waals surface area contributed by atoms with Crippen LogP contribution in [0.25, 0.3) is 22.4 Å². The number of hydrogen-bond acceptors (Lipinski definition) is 4. The van der Waals surface area contributed by atoms with Gasteiger partial charge in [-0.15, -0.1) is 0 Å². The van der Waals surface area contributed by atoms with Gasteiger partial charge in [-0.25, -0.2) is 4.98 Å². The standard InChI is InChI=1S/C22H21N3O/c1-3-12-26-17-10-8-16(9-11-17)19-13-21(25-22(24)20(19)14-23)18-7-5-4-6-15(18)2/h4-11,13H,3,12H2,1-2H3,(H2,24,25). The fourth-order valence-electron chi connectivity index (χ4n) is 2.86. The van der Waals surface area contributed by atoms with Gasteiger partial charge in [-0.1, -0.05) is 43.3 Å². The molecule has 1 heterocycles. The van der Waals surface area contributed by atoms with Crippen molar-refractivity contribution in [3.8, 4) is 34.2 Å². The molecule has 0 spiro atoms.